The Balaban J connectivity index is 1.60. The van der Waals surface area contributed by atoms with E-state index in [1.807, 2.05) is 6.07 Å². The van der Waals surface area contributed by atoms with Gasteiger partial charge in [-0.25, -0.2) is 0 Å². The van der Waals surface area contributed by atoms with Crippen molar-refractivity contribution in [2.75, 3.05) is 7.11 Å². The largest absolute Gasteiger partial charge is 0.496 e. The molecule has 1 fully saturated rings. The molecule has 0 spiro atoms. The highest BCUT2D eigenvalue weighted by molar-refractivity contribution is 7.05. The number of benzene rings is 1. The van der Waals surface area contributed by atoms with E-state index in [2.05, 4.69) is 40.9 Å². The lowest BCUT2D eigenvalue weighted by Crippen LogP contribution is -2.32. The van der Waals surface area contributed by atoms with Gasteiger partial charge in [0.15, 0.2) is 0 Å². The van der Waals surface area contributed by atoms with Crippen molar-refractivity contribution in [1.29, 1.82) is 0 Å². The number of nitrogens with zero attached hydrogens (tertiary/aromatic N) is 1. The lowest BCUT2D eigenvalue weighted by atomic mass is 9.94. The van der Waals surface area contributed by atoms with Gasteiger partial charge in [0, 0.05) is 17.5 Å². The average molecular weight is 316 g/mol. The van der Waals surface area contributed by atoms with Gasteiger partial charge in [-0.2, -0.15) is 4.37 Å². The summed E-state index contributed by atoms with van der Waals surface area (Å²) in [6.45, 7) is 3.00. The highest BCUT2D eigenvalue weighted by Crippen LogP contribution is 2.32. The molecular weight excluding hydrogens is 292 g/mol. The minimum absolute atomic E-state index is 0.604. The Kier molecular flexibility index (Phi) is 5.11. The summed E-state index contributed by atoms with van der Waals surface area (Å²) in [5.41, 5.74) is 2.45. The zero-order valence-corrected chi connectivity index (χ0v) is 14.2. The van der Waals surface area contributed by atoms with Crippen LogP contribution < -0.4 is 10.1 Å². The van der Waals surface area contributed by atoms with Gasteiger partial charge in [-0.15, -0.1) is 0 Å². The number of methoxy groups -OCH3 is 1. The molecule has 1 saturated carbocycles. The monoisotopic (exact) mass is 316 g/mol. The molecule has 118 valence electrons. The average Bonchev–Trinajstić information content (AvgIpc) is 3.14. The lowest BCUT2D eigenvalue weighted by Gasteiger charge is -2.21. The first-order valence-electron chi connectivity index (χ1n) is 8.03. The molecule has 3 nitrogen and oxygen atoms in total. The number of rotatable bonds is 6. The molecule has 0 saturated heterocycles. The second kappa shape index (κ2) is 7.25. The van der Waals surface area contributed by atoms with E-state index < -0.39 is 0 Å². The van der Waals surface area contributed by atoms with Crippen LogP contribution in [0, 0.1) is 12.8 Å². The van der Waals surface area contributed by atoms with Gasteiger partial charge >= 0.3 is 0 Å². The Hall–Kier alpha value is -1.39. The van der Waals surface area contributed by atoms with Crippen LogP contribution in [-0.4, -0.2) is 17.5 Å². The first kappa shape index (κ1) is 15.5. The fourth-order valence-corrected chi connectivity index (χ4v) is 4.12. The molecule has 1 aliphatic carbocycles. The Morgan fingerprint density at radius 3 is 2.95 bits per heavy atom. The second-order valence-electron chi connectivity index (χ2n) is 6.13. The fraction of sp³-hybridized carbons (Fsp3) is 0.500. The Morgan fingerprint density at radius 2 is 2.18 bits per heavy atom. The number of para-hydroxylation sites is 1. The van der Waals surface area contributed by atoms with Crippen LogP contribution in [-0.2, 0) is 13.0 Å². The molecule has 1 aromatic carbocycles. The maximum Gasteiger partial charge on any atom is 0.122 e. The second-order valence-corrected chi connectivity index (χ2v) is 7.02. The lowest BCUT2D eigenvalue weighted by molar-refractivity contribution is 0.379. The Bertz CT molecular complexity index is 611. The van der Waals surface area contributed by atoms with E-state index >= 15 is 0 Å². The molecule has 2 aromatic rings. The SMILES string of the molecule is COc1ccccc1CC1CCCC1NCc1cc(C)ns1. The van der Waals surface area contributed by atoms with Crippen molar-refractivity contribution in [2.24, 2.45) is 5.92 Å². The summed E-state index contributed by atoms with van der Waals surface area (Å²) in [5, 5.41) is 3.75. The van der Waals surface area contributed by atoms with Crippen LogP contribution in [0.15, 0.2) is 30.3 Å². The highest BCUT2D eigenvalue weighted by Gasteiger charge is 2.27. The first-order chi connectivity index (χ1) is 10.8. The van der Waals surface area contributed by atoms with Crippen molar-refractivity contribution in [2.45, 2.75) is 45.2 Å². The molecule has 1 aromatic heterocycles. The predicted octanol–water partition coefficient (Wildman–Crippen LogP) is 3.96. The zero-order valence-electron chi connectivity index (χ0n) is 13.3. The predicted molar refractivity (Wildman–Crippen MR) is 91.5 cm³/mol. The number of aryl methyl sites for hydroxylation is 1. The van der Waals surface area contributed by atoms with Crippen LogP contribution in [0.25, 0.3) is 0 Å². The summed E-state index contributed by atoms with van der Waals surface area (Å²) >= 11 is 1.61. The zero-order chi connectivity index (χ0) is 15.4. The summed E-state index contributed by atoms with van der Waals surface area (Å²) in [7, 11) is 1.76. The standard InChI is InChI=1S/C18H24N2OS/c1-13-10-16(22-20-13)12-19-17-8-5-7-14(17)11-15-6-3-4-9-18(15)21-2/h3-4,6,9-10,14,17,19H,5,7-8,11-12H2,1-2H3. The van der Waals surface area contributed by atoms with Crippen molar-refractivity contribution >= 4 is 11.5 Å². The summed E-state index contributed by atoms with van der Waals surface area (Å²) in [6.07, 6.45) is 5.00. The van der Waals surface area contributed by atoms with E-state index in [9.17, 15) is 0 Å². The molecule has 0 radical (unpaired) electrons. The fourth-order valence-electron chi connectivity index (χ4n) is 3.44. The number of aromatic nitrogens is 1. The van der Waals surface area contributed by atoms with Crippen LogP contribution in [0.1, 0.15) is 35.4 Å². The van der Waals surface area contributed by atoms with E-state index in [1.54, 1.807) is 18.6 Å². The number of nitrogens with one attached hydrogen (secondary N) is 1. The third kappa shape index (κ3) is 3.68. The summed E-state index contributed by atoms with van der Waals surface area (Å²) in [6, 6.07) is 11.2. The number of hydrogen-bond donors (Lipinski definition) is 1. The van der Waals surface area contributed by atoms with Gasteiger partial charge in [0.05, 0.1) is 12.8 Å². The van der Waals surface area contributed by atoms with Crippen LogP contribution in [0.5, 0.6) is 5.75 Å². The quantitative estimate of drug-likeness (QED) is 0.876. The molecule has 0 bridgehead atoms. The molecule has 4 heteroatoms. The number of ether oxygens (including phenoxy) is 1. The third-order valence-electron chi connectivity index (χ3n) is 4.55. The van der Waals surface area contributed by atoms with Gasteiger partial charge < -0.3 is 10.1 Å². The maximum absolute atomic E-state index is 5.50. The molecule has 2 atom stereocenters. The first-order valence-corrected chi connectivity index (χ1v) is 8.81. The van der Waals surface area contributed by atoms with Crippen molar-refractivity contribution in [3.05, 3.63) is 46.5 Å². The molecule has 2 unspecified atom stereocenters. The summed E-state index contributed by atoms with van der Waals surface area (Å²) < 4.78 is 9.85. The van der Waals surface area contributed by atoms with E-state index in [1.165, 1.54) is 29.7 Å². The van der Waals surface area contributed by atoms with Gasteiger partial charge in [0.1, 0.15) is 5.75 Å². The van der Waals surface area contributed by atoms with Gasteiger partial charge in [-0.05, 0) is 61.3 Å². The minimum atomic E-state index is 0.604. The molecule has 1 N–H and O–H groups in total. The summed E-state index contributed by atoms with van der Waals surface area (Å²) in [5.74, 6) is 1.72. The van der Waals surface area contributed by atoms with Crippen molar-refractivity contribution in [3.63, 3.8) is 0 Å². The molecule has 1 heterocycles. The van der Waals surface area contributed by atoms with E-state index in [4.69, 9.17) is 4.74 Å². The van der Waals surface area contributed by atoms with Gasteiger partial charge in [-0.3, -0.25) is 0 Å². The van der Waals surface area contributed by atoms with Crippen LogP contribution in [0.2, 0.25) is 0 Å². The Morgan fingerprint density at radius 1 is 1.32 bits per heavy atom. The van der Waals surface area contributed by atoms with Crippen molar-refractivity contribution in [3.8, 4) is 5.75 Å². The van der Waals surface area contributed by atoms with E-state index in [-0.39, 0.29) is 0 Å². The molecule has 1 aliphatic rings. The van der Waals surface area contributed by atoms with Crippen molar-refractivity contribution < 1.29 is 4.74 Å². The molecule has 0 amide bonds. The van der Waals surface area contributed by atoms with Crippen LogP contribution in [0.3, 0.4) is 0 Å². The molecule has 0 aliphatic heterocycles. The topological polar surface area (TPSA) is 34.1 Å². The van der Waals surface area contributed by atoms with E-state index in [0.717, 1.165) is 24.4 Å². The summed E-state index contributed by atoms with van der Waals surface area (Å²) in [4.78, 5) is 1.33. The van der Waals surface area contributed by atoms with Gasteiger partial charge in [0.2, 0.25) is 0 Å². The maximum atomic E-state index is 5.50. The third-order valence-corrected chi connectivity index (χ3v) is 5.42. The van der Waals surface area contributed by atoms with Gasteiger partial charge in [0.25, 0.3) is 0 Å². The molecular formula is C18H24N2OS. The highest BCUT2D eigenvalue weighted by atomic mass is 32.1. The molecule has 3 rings (SSSR count). The smallest absolute Gasteiger partial charge is 0.122 e. The normalized spacial score (nSPS) is 21.2. The van der Waals surface area contributed by atoms with E-state index in [0.29, 0.717) is 12.0 Å². The van der Waals surface area contributed by atoms with Gasteiger partial charge in [-0.1, -0.05) is 24.6 Å². The minimum Gasteiger partial charge on any atom is -0.496 e. The number of hydrogen-bond acceptors (Lipinski definition) is 4. The Labute approximate surface area is 136 Å². The molecule has 22 heavy (non-hydrogen) atoms. The van der Waals surface area contributed by atoms with Crippen LogP contribution >= 0.6 is 11.5 Å². The van der Waals surface area contributed by atoms with Crippen molar-refractivity contribution in [1.82, 2.24) is 9.69 Å². The van der Waals surface area contributed by atoms with Crippen LogP contribution in [0.4, 0.5) is 0 Å².